The first-order chi connectivity index (χ1) is 11.6. The molecule has 0 N–H and O–H groups in total. The van der Waals surface area contributed by atoms with Crippen LogP contribution in [-0.4, -0.2) is 53.2 Å². The van der Waals surface area contributed by atoms with E-state index in [2.05, 4.69) is 33.9 Å². The lowest BCUT2D eigenvalue weighted by Crippen LogP contribution is -2.39. The first-order valence-electron chi connectivity index (χ1n) is 8.63. The second kappa shape index (κ2) is 8.10. The van der Waals surface area contributed by atoms with Gasteiger partial charge in [-0.25, -0.2) is 0 Å². The fourth-order valence-electron chi connectivity index (χ4n) is 3.36. The molecule has 0 unspecified atom stereocenters. The smallest absolute Gasteiger partial charge is 0.241 e. The number of likely N-dealkylation sites (tertiary alicyclic amines) is 1. The predicted molar refractivity (Wildman–Crippen MR) is 95.9 cm³/mol. The van der Waals surface area contributed by atoms with Crippen molar-refractivity contribution >= 4 is 11.6 Å². The maximum atomic E-state index is 5.91. The van der Waals surface area contributed by atoms with Gasteiger partial charge < -0.3 is 9.42 Å². The van der Waals surface area contributed by atoms with Gasteiger partial charge in [0, 0.05) is 23.7 Å². The highest BCUT2D eigenvalue weighted by molar-refractivity contribution is 6.30. The molecule has 2 heterocycles. The fraction of sp³-hybridized carbons (Fsp3) is 0.556. The summed E-state index contributed by atoms with van der Waals surface area (Å²) in [7, 11) is 2.12. The molecule has 0 spiro atoms. The summed E-state index contributed by atoms with van der Waals surface area (Å²) in [4.78, 5) is 9.32. The number of nitrogens with zero attached hydrogens (tertiary/aromatic N) is 4. The third kappa shape index (κ3) is 4.56. The summed E-state index contributed by atoms with van der Waals surface area (Å²) < 4.78 is 5.41. The zero-order valence-electron chi connectivity index (χ0n) is 14.4. The second-order valence-electron chi connectivity index (χ2n) is 6.62. The Bertz CT molecular complexity index is 643. The van der Waals surface area contributed by atoms with Crippen LogP contribution in [-0.2, 0) is 6.54 Å². The standard InChI is InChI=1S/C18H25ClN4O/c1-3-23-10-4-5-14(12-23)11-22(2)13-17-20-18(21-24-17)15-6-8-16(19)9-7-15/h6-9,14H,3-5,10-13H2,1-2H3/t14-/m1/s1. The molecule has 0 amide bonds. The zero-order chi connectivity index (χ0) is 16.9. The number of piperidine rings is 1. The van der Waals surface area contributed by atoms with Crippen LogP contribution in [0.3, 0.4) is 0 Å². The molecule has 0 aliphatic carbocycles. The van der Waals surface area contributed by atoms with E-state index in [0.29, 0.717) is 23.3 Å². The summed E-state index contributed by atoms with van der Waals surface area (Å²) in [5.41, 5.74) is 0.919. The molecule has 24 heavy (non-hydrogen) atoms. The molecule has 0 saturated carbocycles. The van der Waals surface area contributed by atoms with Gasteiger partial charge in [0.2, 0.25) is 11.7 Å². The van der Waals surface area contributed by atoms with E-state index in [-0.39, 0.29) is 0 Å². The Balaban J connectivity index is 1.55. The minimum atomic E-state index is 0.616. The van der Waals surface area contributed by atoms with E-state index in [4.69, 9.17) is 16.1 Å². The van der Waals surface area contributed by atoms with Crippen LogP contribution >= 0.6 is 11.6 Å². The molecule has 1 aromatic heterocycles. The second-order valence-corrected chi connectivity index (χ2v) is 7.05. The van der Waals surface area contributed by atoms with Crippen LogP contribution in [0.25, 0.3) is 11.4 Å². The first kappa shape index (κ1) is 17.4. The van der Waals surface area contributed by atoms with Gasteiger partial charge in [0.05, 0.1) is 6.54 Å². The quantitative estimate of drug-likeness (QED) is 0.798. The van der Waals surface area contributed by atoms with E-state index < -0.39 is 0 Å². The highest BCUT2D eigenvalue weighted by atomic mass is 35.5. The van der Waals surface area contributed by atoms with Crippen molar-refractivity contribution in [2.75, 3.05) is 33.2 Å². The van der Waals surface area contributed by atoms with Crippen LogP contribution in [0.2, 0.25) is 5.02 Å². The lowest BCUT2D eigenvalue weighted by molar-refractivity contribution is 0.140. The number of hydrogen-bond acceptors (Lipinski definition) is 5. The van der Waals surface area contributed by atoms with Crippen LogP contribution in [0, 0.1) is 5.92 Å². The van der Waals surface area contributed by atoms with Gasteiger partial charge in [0.1, 0.15) is 0 Å². The van der Waals surface area contributed by atoms with Crippen molar-refractivity contribution in [2.45, 2.75) is 26.3 Å². The summed E-state index contributed by atoms with van der Waals surface area (Å²) in [5, 5.41) is 4.78. The van der Waals surface area contributed by atoms with E-state index in [1.165, 1.54) is 25.9 Å². The van der Waals surface area contributed by atoms with Crippen molar-refractivity contribution < 1.29 is 4.52 Å². The molecule has 130 valence electrons. The fourth-order valence-corrected chi connectivity index (χ4v) is 3.49. The number of halogens is 1. The van der Waals surface area contributed by atoms with Crippen molar-refractivity contribution in [1.29, 1.82) is 0 Å². The highest BCUT2D eigenvalue weighted by Gasteiger charge is 2.21. The van der Waals surface area contributed by atoms with Gasteiger partial charge in [0.15, 0.2) is 0 Å². The van der Waals surface area contributed by atoms with Crippen LogP contribution in [0.15, 0.2) is 28.8 Å². The third-order valence-electron chi connectivity index (χ3n) is 4.60. The molecule has 5 nitrogen and oxygen atoms in total. The minimum Gasteiger partial charge on any atom is -0.338 e. The van der Waals surface area contributed by atoms with Gasteiger partial charge in [-0.3, -0.25) is 4.90 Å². The molecule has 6 heteroatoms. The number of rotatable bonds is 6. The van der Waals surface area contributed by atoms with Crippen molar-refractivity contribution in [3.63, 3.8) is 0 Å². The molecule has 1 fully saturated rings. The monoisotopic (exact) mass is 348 g/mol. The molecule has 1 aliphatic rings. The van der Waals surface area contributed by atoms with E-state index >= 15 is 0 Å². The summed E-state index contributed by atoms with van der Waals surface area (Å²) in [5.74, 6) is 2.00. The number of hydrogen-bond donors (Lipinski definition) is 0. The molecule has 0 bridgehead atoms. The molecule has 1 atom stereocenters. The van der Waals surface area contributed by atoms with Gasteiger partial charge in [-0.15, -0.1) is 0 Å². The molecule has 1 aliphatic heterocycles. The summed E-state index contributed by atoms with van der Waals surface area (Å²) in [6.45, 7) is 7.57. The molecule has 1 saturated heterocycles. The Hall–Kier alpha value is -1.43. The predicted octanol–water partition coefficient (Wildman–Crippen LogP) is 3.55. The summed E-state index contributed by atoms with van der Waals surface area (Å²) in [6, 6.07) is 7.48. The van der Waals surface area contributed by atoms with Gasteiger partial charge in [0.25, 0.3) is 0 Å². The van der Waals surface area contributed by atoms with Crippen molar-refractivity contribution in [3.8, 4) is 11.4 Å². The average molecular weight is 349 g/mol. The van der Waals surface area contributed by atoms with Crippen LogP contribution in [0.4, 0.5) is 0 Å². The minimum absolute atomic E-state index is 0.616. The number of benzene rings is 1. The average Bonchev–Trinajstić information content (AvgIpc) is 3.04. The Morgan fingerprint density at radius 1 is 1.33 bits per heavy atom. The molecular formula is C18H25ClN4O. The number of aromatic nitrogens is 2. The van der Waals surface area contributed by atoms with Crippen molar-refractivity contribution in [1.82, 2.24) is 19.9 Å². The van der Waals surface area contributed by atoms with Crippen LogP contribution < -0.4 is 0 Å². The Kier molecular flexibility index (Phi) is 5.87. The molecular weight excluding hydrogens is 324 g/mol. The van der Waals surface area contributed by atoms with Crippen LogP contribution in [0.5, 0.6) is 0 Å². The van der Waals surface area contributed by atoms with Gasteiger partial charge in [-0.1, -0.05) is 23.7 Å². The summed E-state index contributed by atoms with van der Waals surface area (Å²) >= 11 is 5.91. The van der Waals surface area contributed by atoms with E-state index in [1.807, 2.05) is 24.3 Å². The normalized spacial score (nSPS) is 19.1. The van der Waals surface area contributed by atoms with E-state index in [0.717, 1.165) is 24.6 Å². The first-order valence-corrected chi connectivity index (χ1v) is 9.01. The Labute approximate surface area is 148 Å². The zero-order valence-corrected chi connectivity index (χ0v) is 15.2. The molecule has 1 aromatic carbocycles. The van der Waals surface area contributed by atoms with Gasteiger partial charge >= 0.3 is 0 Å². The maximum Gasteiger partial charge on any atom is 0.241 e. The topological polar surface area (TPSA) is 45.4 Å². The third-order valence-corrected chi connectivity index (χ3v) is 4.85. The maximum absolute atomic E-state index is 5.91. The Morgan fingerprint density at radius 3 is 2.88 bits per heavy atom. The highest BCUT2D eigenvalue weighted by Crippen LogP contribution is 2.20. The SMILES string of the molecule is CCN1CCC[C@H](CN(C)Cc2nc(-c3ccc(Cl)cc3)no2)C1. The molecule has 3 rings (SSSR count). The van der Waals surface area contributed by atoms with E-state index in [1.54, 1.807) is 0 Å². The molecule has 2 aromatic rings. The van der Waals surface area contributed by atoms with E-state index in [9.17, 15) is 0 Å². The Morgan fingerprint density at radius 2 is 2.12 bits per heavy atom. The van der Waals surface area contributed by atoms with Crippen LogP contribution in [0.1, 0.15) is 25.7 Å². The largest absolute Gasteiger partial charge is 0.338 e. The van der Waals surface area contributed by atoms with Crippen molar-refractivity contribution in [3.05, 3.63) is 35.2 Å². The van der Waals surface area contributed by atoms with Gasteiger partial charge in [-0.05, 0) is 63.2 Å². The lowest BCUT2D eigenvalue weighted by atomic mass is 9.97. The summed E-state index contributed by atoms with van der Waals surface area (Å²) in [6.07, 6.45) is 2.61. The lowest BCUT2D eigenvalue weighted by Gasteiger charge is -2.33. The molecule has 0 radical (unpaired) electrons. The van der Waals surface area contributed by atoms with Crippen molar-refractivity contribution in [2.24, 2.45) is 5.92 Å². The van der Waals surface area contributed by atoms with Gasteiger partial charge in [-0.2, -0.15) is 4.98 Å².